The van der Waals surface area contributed by atoms with E-state index in [4.69, 9.17) is 9.47 Å². The molecule has 0 radical (unpaired) electrons. The molecule has 0 unspecified atom stereocenters. The molecule has 1 amide bonds. The minimum atomic E-state index is -4.39. The van der Waals surface area contributed by atoms with Gasteiger partial charge in [-0.2, -0.15) is 13.2 Å². The maximum Gasteiger partial charge on any atom is 0.416 e. The highest BCUT2D eigenvalue weighted by atomic mass is 19.4. The maximum atomic E-state index is 13.3. The van der Waals surface area contributed by atoms with Gasteiger partial charge < -0.3 is 19.3 Å². The van der Waals surface area contributed by atoms with Crippen LogP contribution in [0.3, 0.4) is 0 Å². The average molecular weight is 527 g/mol. The van der Waals surface area contributed by atoms with Gasteiger partial charge in [-0.3, -0.25) is 4.79 Å². The van der Waals surface area contributed by atoms with Crippen molar-refractivity contribution in [3.05, 3.63) is 89.0 Å². The molecule has 0 atom stereocenters. The lowest BCUT2D eigenvalue weighted by Gasteiger charge is -2.36. The number of carbonyl (C=O) groups is 1. The van der Waals surface area contributed by atoms with Crippen molar-refractivity contribution in [1.82, 2.24) is 4.90 Å². The Balaban J connectivity index is 1.45. The van der Waals surface area contributed by atoms with Crippen LogP contribution in [0.15, 0.2) is 66.7 Å². The fraction of sp³-hybridized carbons (Fsp3) is 0.367. The Bertz CT molecular complexity index is 1250. The number of ether oxygens (including phenoxy) is 2. The molecule has 0 bridgehead atoms. The molecule has 1 fully saturated rings. The molecule has 1 saturated heterocycles. The first kappa shape index (κ1) is 27.4. The van der Waals surface area contributed by atoms with Crippen LogP contribution in [0, 0.1) is 0 Å². The van der Waals surface area contributed by atoms with Crippen LogP contribution in [0.1, 0.15) is 53.7 Å². The fourth-order valence-electron chi connectivity index (χ4n) is 4.60. The van der Waals surface area contributed by atoms with Crippen LogP contribution >= 0.6 is 0 Å². The number of amides is 1. The van der Waals surface area contributed by atoms with Gasteiger partial charge >= 0.3 is 6.18 Å². The topological polar surface area (TPSA) is 42.0 Å². The molecule has 8 heteroatoms. The van der Waals surface area contributed by atoms with Crippen molar-refractivity contribution >= 4 is 11.6 Å². The van der Waals surface area contributed by atoms with Gasteiger partial charge in [0.25, 0.3) is 5.91 Å². The van der Waals surface area contributed by atoms with E-state index in [2.05, 4.69) is 13.8 Å². The van der Waals surface area contributed by atoms with E-state index in [9.17, 15) is 18.0 Å². The summed E-state index contributed by atoms with van der Waals surface area (Å²) in [6.45, 7) is 8.59. The molecule has 3 aromatic rings. The Labute approximate surface area is 221 Å². The van der Waals surface area contributed by atoms with Crippen LogP contribution in [0.25, 0.3) is 0 Å². The standard InChI is InChI=1S/C30H33F3N2O3/c1-4-37-27-13-12-22(18-23(27)20-38-28-11-6-5-10-26(28)21(2)3)29(36)35-16-14-34(15-17-35)25-9-7-8-24(19-25)30(31,32)33/h5-13,18-19,21H,4,14-17,20H2,1-3H3. The molecule has 0 saturated carbocycles. The number of halogens is 3. The summed E-state index contributed by atoms with van der Waals surface area (Å²) < 4.78 is 51.3. The monoisotopic (exact) mass is 526 g/mol. The van der Waals surface area contributed by atoms with Crippen LogP contribution in [-0.2, 0) is 12.8 Å². The summed E-state index contributed by atoms with van der Waals surface area (Å²) in [4.78, 5) is 17.0. The fourth-order valence-corrected chi connectivity index (χ4v) is 4.60. The number of hydrogen-bond acceptors (Lipinski definition) is 4. The zero-order chi connectivity index (χ0) is 27.3. The summed E-state index contributed by atoms with van der Waals surface area (Å²) in [5.74, 6) is 1.65. The van der Waals surface area contributed by atoms with Gasteiger partial charge in [0.2, 0.25) is 0 Å². The number of para-hydroxylation sites is 1. The predicted octanol–water partition coefficient (Wildman–Crippen LogP) is 6.77. The quantitative estimate of drug-likeness (QED) is 0.325. The molecular weight excluding hydrogens is 493 g/mol. The molecule has 38 heavy (non-hydrogen) atoms. The number of nitrogens with zero attached hydrogens (tertiary/aromatic N) is 2. The van der Waals surface area contributed by atoms with E-state index in [-0.39, 0.29) is 12.5 Å². The third-order valence-corrected chi connectivity index (χ3v) is 6.64. The molecular formula is C30H33F3N2O3. The molecule has 0 N–H and O–H groups in total. The van der Waals surface area contributed by atoms with Gasteiger partial charge in [0, 0.05) is 43.0 Å². The van der Waals surface area contributed by atoms with Gasteiger partial charge in [-0.05, 0) is 60.9 Å². The van der Waals surface area contributed by atoms with E-state index in [1.165, 1.54) is 6.07 Å². The van der Waals surface area contributed by atoms with E-state index in [1.807, 2.05) is 42.2 Å². The molecule has 0 aliphatic carbocycles. The van der Waals surface area contributed by atoms with Crippen molar-refractivity contribution in [3.8, 4) is 11.5 Å². The molecule has 0 aromatic heterocycles. The average Bonchev–Trinajstić information content (AvgIpc) is 2.92. The largest absolute Gasteiger partial charge is 0.493 e. The lowest BCUT2D eigenvalue weighted by atomic mass is 10.0. The Hall–Kier alpha value is -3.68. The molecule has 0 spiro atoms. The van der Waals surface area contributed by atoms with Gasteiger partial charge in [0.1, 0.15) is 18.1 Å². The SMILES string of the molecule is CCOc1ccc(C(=O)N2CCN(c3cccc(C(F)(F)F)c3)CC2)cc1COc1ccccc1C(C)C. The summed E-state index contributed by atoms with van der Waals surface area (Å²) >= 11 is 0. The van der Waals surface area contributed by atoms with Crippen molar-refractivity contribution in [2.24, 2.45) is 0 Å². The number of alkyl halides is 3. The third kappa shape index (κ3) is 6.41. The second-order valence-electron chi connectivity index (χ2n) is 9.56. The van der Waals surface area contributed by atoms with Crippen molar-refractivity contribution in [3.63, 3.8) is 0 Å². The van der Waals surface area contributed by atoms with E-state index >= 15 is 0 Å². The molecule has 3 aromatic carbocycles. The van der Waals surface area contributed by atoms with Gasteiger partial charge in [0.05, 0.1) is 12.2 Å². The Morgan fingerprint density at radius 3 is 2.32 bits per heavy atom. The van der Waals surface area contributed by atoms with Crippen LogP contribution in [0.5, 0.6) is 11.5 Å². The first-order valence-electron chi connectivity index (χ1n) is 12.9. The van der Waals surface area contributed by atoms with Gasteiger partial charge in [-0.25, -0.2) is 0 Å². The maximum absolute atomic E-state index is 13.3. The van der Waals surface area contributed by atoms with Crippen LogP contribution < -0.4 is 14.4 Å². The number of carbonyl (C=O) groups excluding carboxylic acids is 1. The van der Waals surface area contributed by atoms with Gasteiger partial charge in [0.15, 0.2) is 0 Å². The molecule has 202 valence electrons. The summed E-state index contributed by atoms with van der Waals surface area (Å²) in [5.41, 5.74) is 2.25. The highest BCUT2D eigenvalue weighted by Gasteiger charge is 2.31. The number of piperazine rings is 1. The third-order valence-electron chi connectivity index (χ3n) is 6.64. The van der Waals surface area contributed by atoms with Crippen molar-refractivity contribution < 1.29 is 27.4 Å². The summed E-state index contributed by atoms with van der Waals surface area (Å²) in [6.07, 6.45) is -4.39. The van der Waals surface area contributed by atoms with E-state index in [0.717, 1.165) is 29.0 Å². The Morgan fingerprint density at radius 2 is 1.63 bits per heavy atom. The number of hydrogen-bond donors (Lipinski definition) is 0. The first-order valence-corrected chi connectivity index (χ1v) is 12.9. The van der Waals surface area contributed by atoms with Gasteiger partial charge in [-0.1, -0.05) is 38.1 Å². The van der Waals surface area contributed by atoms with Gasteiger partial charge in [-0.15, -0.1) is 0 Å². The zero-order valence-electron chi connectivity index (χ0n) is 21.9. The van der Waals surface area contributed by atoms with Crippen molar-refractivity contribution in [2.75, 3.05) is 37.7 Å². The highest BCUT2D eigenvalue weighted by molar-refractivity contribution is 5.94. The first-order chi connectivity index (χ1) is 18.2. The Morgan fingerprint density at radius 1 is 0.895 bits per heavy atom. The smallest absolute Gasteiger partial charge is 0.416 e. The second kappa shape index (κ2) is 11.8. The lowest BCUT2D eigenvalue weighted by molar-refractivity contribution is -0.137. The minimum absolute atomic E-state index is 0.124. The summed E-state index contributed by atoms with van der Waals surface area (Å²) in [7, 11) is 0. The Kier molecular flexibility index (Phi) is 8.49. The zero-order valence-corrected chi connectivity index (χ0v) is 21.9. The number of rotatable bonds is 8. The van der Waals surface area contributed by atoms with E-state index in [0.29, 0.717) is 55.7 Å². The predicted molar refractivity (Wildman–Crippen MR) is 142 cm³/mol. The van der Waals surface area contributed by atoms with Crippen LogP contribution in [-0.4, -0.2) is 43.6 Å². The van der Waals surface area contributed by atoms with Crippen LogP contribution in [0.2, 0.25) is 0 Å². The van der Waals surface area contributed by atoms with Crippen molar-refractivity contribution in [1.29, 1.82) is 0 Å². The summed E-state index contributed by atoms with van der Waals surface area (Å²) in [6, 6.07) is 18.6. The van der Waals surface area contributed by atoms with E-state index in [1.54, 1.807) is 23.1 Å². The minimum Gasteiger partial charge on any atom is -0.493 e. The molecule has 1 aliphatic rings. The van der Waals surface area contributed by atoms with Crippen LogP contribution in [0.4, 0.5) is 18.9 Å². The van der Waals surface area contributed by atoms with Crippen molar-refractivity contribution in [2.45, 2.75) is 39.5 Å². The normalized spacial score (nSPS) is 14.1. The second-order valence-corrected chi connectivity index (χ2v) is 9.56. The number of anilines is 1. The molecule has 1 aliphatic heterocycles. The molecule has 1 heterocycles. The molecule has 4 rings (SSSR count). The number of benzene rings is 3. The van der Waals surface area contributed by atoms with E-state index < -0.39 is 11.7 Å². The molecule has 5 nitrogen and oxygen atoms in total. The lowest BCUT2D eigenvalue weighted by Crippen LogP contribution is -2.48. The summed E-state index contributed by atoms with van der Waals surface area (Å²) in [5, 5.41) is 0. The highest BCUT2D eigenvalue weighted by Crippen LogP contribution is 2.32.